The minimum Gasteiger partial charge on any atom is -0.496 e. The lowest BCUT2D eigenvalue weighted by Crippen LogP contribution is -2.32. The molecule has 0 spiro atoms. The Kier molecular flexibility index (Phi) is 5.23. The Morgan fingerprint density at radius 2 is 2.21 bits per heavy atom. The molecule has 2 unspecified atom stereocenters. The number of aryl methyl sites for hydroxylation is 1. The van der Waals surface area contributed by atoms with Gasteiger partial charge in [0.05, 0.1) is 7.11 Å². The third kappa shape index (κ3) is 3.48. The van der Waals surface area contributed by atoms with E-state index in [1.807, 2.05) is 7.05 Å². The van der Waals surface area contributed by atoms with Crippen molar-refractivity contribution in [2.75, 3.05) is 27.2 Å². The average Bonchev–Trinajstić information content (AvgIpc) is 2.44. The first-order valence-corrected chi connectivity index (χ1v) is 7.30. The lowest BCUT2D eigenvalue weighted by Gasteiger charge is -2.29. The van der Waals surface area contributed by atoms with Crippen molar-refractivity contribution in [3.05, 3.63) is 29.3 Å². The highest BCUT2D eigenvalue weighted by molar-refractivity contribution is 5.44. The van der Waals surface area contributed by atoms with E-state index in [0.717, 1.165) is 18.8 Å². The van der Waals surface area contributed by atoms with Crippen molar-refractivity contribution in [2.45, 2.75) is 32.2 Å². The van der Waals surface area contributed by atoms with Gasteiger partial charge in [0.2, 0.25) is 0 Å². The SMILES string of the molecule is CNCC(C)CNC1CCCc2cccc(OC)c21. The lowest BCUT2D eigenvalue weighted by molar-refractivity contribution is 0.371. The van der Waals surface area contributed by atoms with E-state index in [9.17, 15) is 0 Å². The monoisotopic (exact) mass is 262 g/mol. The third-order valence-electron chi connectivity index (χ3n) is 3.93. The Hall–Kier alpha value is -1.06. The number of hydrogen-bond donors (Lipinski definition) is 2. The van der Waals surface area contributed by atoms with Crippen LogP contribution in [0.15, 0.2) is 18.2 Å². The van der Waals surface area contributed by atoms with Crippen LogP contribution >= 0.6 is 0 Å². The quantitative estimate of drug-likeness (QED) is 0.826. The zero-order valence-corrected chi connectivity index (χ0v) is 12.3. The van der Waals surface area contributed by atoms with Crippen molar-refractivity contribution >= 4 is 0 Å². The van der Waals surface area contributed by atoms with Gasteiger partial charge < -0.3 is 15.4 Å². The molecule has 1 aliphatic carbocycles. The normalized spacial score (nSPS) is 19.8. The number of nitrogens with one attached hydrogen (secondary N) is 2. The van der Waals surface area contributed by atoms with Gasteiger partial charge in [-0.3, -0.25) is 0 Å². The van der Waals surface area contributed by atoms with Crippen LogP contribution in [0.4, 0.5) is 0 Å². The second-order valence-corrected chi connectivity index (χ2v) is 5.55. The Bertz CT molecular complexity index is 391. The van der Waals surface area contributed by atoms with Gasteiger partial charge in [0.1, 0.15) is 5.75 Å². The summed E-state index contributed by atoms with van der Waals surface area (Å²) >= 11 is 0. The molecular weight excluding hydrogens is 236 g/mol. The highest BCUT2D eigenvalue weighted by atomic mass is 16.5. The molecule has 0 radical (unpaired) electrons. The van der Waals surface area contributed by atoms with E-state index >= 15 is 0 Å². The van der Waals surface area contributed by atoms with Crippen molar-refractivity contribution in [2.24, 2.45) is 5.92 Å². The summed E-state index contributed by atoms with van der Waals surface area (Å²) in [5.41, 5.74) is 2.83. The largest absolute Gasteiger partial charge is 0.496 e. The summed E-state index contributed by atoms with van der Waals surface area (Å²) in [6, 6.07) is 6.86. The average molecular weight is 262 g/mol. The maximum atomic E-state index is 5.54. The van der Waals surface area contributed by atoms with Gasteiger partial charge in [-0.05, 0) is 56.9 Å². The maximum absolute atomic E-state index is 5.54. The molecule has 106 valence electrons. The molecular formula is C16H26N2O. The molecule has 0 heterocycles. The lowest BCUT2D eigenvalue weighted by atomic mass is 9.86. The van der Waals surface area contributed by atoms with Crippen molar-refractivity contribution in [3.63, 3.8) is 0 Å². The van der Waals surface area contributed by atoms with Crippen molar-refractivity contribution in [1.29, 1.82) is 0 Å². The van der Waals surface area contributed by atoms with Crippen LogP contribution in [0.5, 0.6) is 5.75 Å². The van der Waals surface area contributed by atoms with E-state index in [0.29, 0.717) is 12.0 Å². The summed E-state index contributed by atoms with van der Waals surface area (Å²) in [4.78, 5) is 0. The van der Waals surface area contributed by atoms with E-state index < -0.39 is 0 Å². The zero-order valence-electron chi connectivity index (χ0n) is 12.3. The van der Waals surface area contributed by atoms with Gasteiger partial charge in [0, 0.05) is 11.6 Å². The predicted molar refractivity (Wildman–Crippen MR) is 79.8 cm³/mol. The Morgan fingerprint density at radius 1 is 1.37 bits per heavy atom. The van der Waals surface area contributed by atoms with Crippen LogP contribution in [-0.4, -0.2) is 27.2 Å². The predicted octanol–water partition coefficient (Wildman–Crippen LogP) is 2.52. The van der Waals surface area contributed by atoms with Crippen molar-refractivity contribution in [3.8, 4) is 5.75 Å². The number of rotatable bonds is 6. The molecule has 3 nitrogen and oxygen atoms in total. The second-order valence-electron chi connectivity index (χ2n) is 5.55. The maximum Gasteiger partial charge on any atom is 0.123 e. The first-order chi connectivity index (χ1) is 9.26. The molecule has 2 rings (SSSR count). The molecule has 0 amide bonds. The van der Waals surface area contributed by atoms with Gasteiger partial charge in [-0.1, -0.05) is 19.1 Å². The van der Waals surface area contributed by atoms with Gasteiger partial charge in [-0.2, -0.15) is 0 Å². The smallest absolute Gasteiger partial charge is 0.123 e. The summed E-state index contributed by atoms with van der Waals surface area (Å²) in [6.07, 6.45) is 3.65. The van der Waals surface area contributed by atoms with E-state index in [-0.39, 0.29) is 0 Å². The van der Waals surface area contributed by atoms with Crippen LogP contribution in [0.25, 0.3) is 0 Å². The molecule has 1 aromatic rings. The summed E-state index contributed by atoms with van der Waals surface area (Å²) < 4.78 is 5.54. The molecule has 0 saturated carbocycles. The number of fused-ring (bicyclic) bond motifs is 1. The third-order valence-corrected chi connectivity index (χ3v) is 3.93. The summed E-state index contributed by atoms with van der Waals surface area (Å²) in [6.45, 7) is 4.37. The van der Waals surface area contributed by atoms with Crippen LogP contribution in [0, 0.1) is 5.92 Å². The van der Waals surface area contributed by atoms with Crippen molar-refractivity contribution in [1.82, 2.24) is 10.6 Å². The fourth-order valence-electron chi connectivity index (χ4n) is 2.99. The van der Waals surface area contributed by atoms with Crippen LogP contribution < -0.4 is 15.4 Å². The molecule has 1 aliphatic rings. The molecule has 0 aromatic heterocycles. The van der Waals surface area contributed by atoms with E-state index in [1.165, 1.54) is 30.4 Å². The van der Waals surface area contributed by atoms with E-state index in [4.69, 9.17) is 4.74 Å². The molecule has 19 heavy (non-hydrogen) atoms. The van der Waals surface area contributed by atoms with E-state index in [1.54, 1.807) is 7.11 Å². The first-order valence-electron chi connectivity index (χ1n) is 7.30. The standard InChI is InChI=1S/C16H26N2O/c1-12(10-17-2)11-18-14-8-4-6-13-7-5-9-15(19-3)16(13)14/h5,7,9,12,14,17-18H,4,6,8,10-11H2,1-3H3. The fraction of sp³-hybridized carbons (Fsp3) is 0.625. The summed E-state index contributed by atoms with van der Waals surface area (Å²) in [5, 5.41) is 6.95. The minimum atomic E-state index is 0.444. The second kappa shape index (κ2) is 6.92. The molecule has 3 heteroatoms. The molecule has 0 saturated heterocycles. The minimum absolute atomic E-state index is 0.444. The van der Waals surface area contributed by atoms with E-state index in [2.05, 4.69) is 35.8 Å². The molecule has 1 aromatic carbocycles. The molecule has 0 fully saturated rings. The zero-order chi connectivity index (χ0) is 13.7. The van der Waals surface area contributed by atoms with Gasteiger partial charge in [0.15, 0.2) is 0 Å². The highest BCUT2D eigenvalue weighted by Crippen LogP contribution is 2.36. The highest BCUT2D eigenvalue weighted by Gasteiger charge is 2.23. The summed E-state index contributed by atoms with van der Waals surface area (Å²) in [5.74, 6) is 1.68. The Balaban J connectivity index is 2.08. The molecule has 2 atom stereocenters. The summed E-state index contributed by atoms with van der Waals surface area (Å²) in [7, 11) is 3.78. The number of methoxy groups -OCH3 is 1. The van der Waals surface area contributed by atoms with Crippen molar-refractivity contribution < 1.29 is 4.74 Å². The van der Waals surface area contributed by atoms with Gasteiger partial charge >= 0.3 is 0 Å². The van der Waals surface area contributed by atoms with Crippen LogP contribution in [-0.2, 0) is 6.42 Å². The number of ether oxygens (including phenoxy) is 1. The number of hydrogen-bond acceptors (Lipinski definition) is 3. The Labute approximate surface area is 116 Å². The van der Waals surface area contributed by atoms with Crippen LogP contribution in [0.1, 0.15) is 36.9 Å². The van der Waals surface area contributed by atoms with Gasteiger partial charge in [-0.15, -0.1) is 0 Å². The number of benzene rings is 1. The van der Waals surface area contributed by atoms with Gasteiger partial charge in [0.25, 0.3) is 0 Å². The van der Waals surface area contributed by atoms with Crippen LogP contribution in [0.2, 0.25) is 0 Å². The molecule has 0 aliphatic heterocycles. The molecule has 0 bridgehead atoms. The van der Waals surface area contributed by atoms with Gasteiger partial charge in [-0.25, -0.2) is 0 Å². The first kappa shape index (κ1) is 14.4. The fourth-order valence-corrected chi connectivity index (χ4v) is 2.99. The van der Waals surface area contributed by atoms with Crippen LogP contribution in [0.3, 0.4) is 0 Å². The Morgan fingerprint density at radius 3 is 2.95 bits per heavy atom. The topological polar surface area (TPSA) is 33.3 Å². The molecule has 2 N–H and O–H groups in total.